The average molecular weight is 483 g/mol. The quantitative estimate of drug-likeness (QED) is 0.215. The molecule has 1 aliphatic heterocycles. The molecule has 1 amide bonds. The number of alkyl halides is 2. The van der Waals surface area contributed by atoms with Crippen molar-refractivity contribution >= 4 is 46.5 Å². The number of nitrogens with zero attached hydrogens (tertiary/aromatic N) is 3. The van der Waals surface area contributed by atoms with Gasteiger partial charge in [0, 0.05) is 11.6 Å². The summed E-state index contributed by atoms with van der Waals surface area (Å²) in [4.78, 5) is 15.7. The molecule has 2 atom stereocenters. The molecule has 0 bridgehead atoms. The first-order valence-electron chi connectivity index (χ1n) is 8.85. The van der Waals surface area contributed by atoms with Crippen LogP contribution in [0.4, 0.5) is 19.3 Å². The normalized spacial score (nSPS) is 17.9. The van der Waals surface area contributed by atoms with Gasteiger partial charge in [0.1, 0.15) is 23.7 Å². The van der Waals surface area contributed by atoms with Gasteiger partial charge in [0.2, 0.25) is 0 Å². The van der Waals surface area contributed by atoms with E-state index in [9.17, 15) is 18.7 Å². The van der Waals surface area contributed by atoms with Crippen LogP contribution in [0.3, 0.4) is 0 Å². The summed E-state index contributed by atoms with van der Waals surface area (Å²) in [6, 6.07) is 8.22. The summed E-state index contributed by atoms with van der Waals surface area (Å²) < 4.78 is 29.3. The van der Waals surface area contributed by atoms with Crippen molar-refractivity contribution in [1.82, 2.24) is 16.1 Å². The first-order chi connectivity index (χ1) is 15.3. The minimum atomic E-state index is -3.02. The van der Waals surface area contributed by atoms with E-state index in [1.807, 2.05) is 0 Å². The molecule has 1 aliphatic rings. The highest BCUT2D eigenvalue weighted by Gasteiger charge is 2.37. The second-order valence-electron chi connectivity index (χ2n) is 6.27. The van der Waals surface area contributed by atoms with Gasteiger partial charge >= 0.3 is 12.7 Å². The van der Waals surface area contributed by atoms with Gasteiger partial charge in [-0.25, -0.2) is 9.79 Å². The summed E-state index contributed by atoms with van der Waals surface area (Å²) in [5, 5.41) is 27.9. The molecule has 0 saturated heterocycles. The van der Waals surface area contributed by atoms with E-state index in [-0.39, 0.29) is 28.0 Å². The number of benzene rings is 2. The lowest BCUT2D eigenvalue weighted by atomic mass is 9.98. The molecule has 32 heavy (non-hydrogen) atoms. The molecule has 2 aromatic carbocycles. The van der Waals surface area contributed by atoms with Crippen molar-refractivity contribution in [3.63, 3.8) is 0 Å². The summed E-state index contributed by atoms with van der Waals surface area (Å²) in [7, 11) is 0. The molecule has 13 heteroatoms. The summed E-state index contributed by atoms with van der Waals surface area (Å²) in [5.74, 6) is -0.149. The van der Waals surface area contributed by atoms with E-state index in [0.717, 1.165) is 0 Å². The maximum absolute atomic E-state index is 12.5. The highest BCUT2D eigenvalue weighted by Crippen LogP contribution is 2.26. The van der Waals surface area contributed by atoms with Crippen LogP contribution in [0.1, 0.15) is 5.56 Å². The fourth-order valence-corrected chi connectivity index (χ4v) is 3.24. The first-order valence-corrected chi connectivity index (χ1v) is 9.60. The third-order valence-electron chi connectivity index (χ3n) is 4.22. The number of carboxylic acid groups (broad SMARTS) is 1. The average Bonchev–Trinajstić information content (AvgIpc) is 3.12. The number of aliphatic imine (C=N–C) groups is 1. The second kappa shape index (κ2) is 10.1. The van der Waals surface area contributed by atoms with E-state index in [2.05, 4.69) is 30.9 Å². The zero-order valence-corrected chi connectivity index (χ0v) is 17.4. The summed E-state index contributed by atoms with van der Waals surface area (Å²) in [5.41, 5.74) is 3.68. The summed E-state index contributed by atoms with van der Waals surface area (Å²) in [6.07, 6.45) is 0.373. The Bertz CT molecular complexity index is 1120. The zero-order chi connectivity index (χ0) is 23.3. The Morgan fingerprint density at radius 2 is 2.06 bits per heavy atom. The third-order valence-corrected chi connectivity index (χ3v) is 4.96. The van der Waals surface area contributed by atoms with E-state index in [1.54, 1.807) is 12.3 Å². The van der Waals surface area contributed by atoms with Gasteiger partial charge in [0.15, 0.2) is 6.19 Å². The number of amides is 1. The minimum absolute atomic E-state index is 0.0146. The van der Waals surface area contributed by atoms with Gasteiger partial charge in [0.05, 0.1) is 21.4 Å². The molecule has 0 spiro atoms. The van der Waals surface area contributed by atoms with Crippen LogP contribution in [0, 0.1) is 11.5 Å². The second-order valence-corrected chi connectivity index (χ2v) is 7.08. The van der Waals surface area contributed by atoms with E-state index in [1.165, 1.54) is 36.4 Å². The van der Waals surface area contributed by atoms with Gasteiger partial charge < -0.3 is 15.2 Å². The van der Waals surface area contributed by atoms with Crippen molar-refractivity contribution in [2.45, 2.75) is 18.7 Å². The van der Waals surface area contributed by atoms with Crippen LogP contribution in [0.5, 0.6) is 5.75 Å². The number of carbonyl (C=O) groups is 1. The number of hydrogen-bond acceptors (Lipinski definition) is 6. The maximum Gasteiger partial charge on any atom is 0.405 e. The SMILES string of the molecule is N#CNC(=Nc1cccc(OC(F)F)c1)C1NN=C(c2ccc(Cl)c(Cl)c2)C1NC(=O)O. The van der Waals surface area contributed by atoms with Crippen LogP contribution in [-0.2, 0) is 0 Å². The molecule has 166 valence electrons. The van der Waals surface area contributed by atoms with Crippen LogP contribution in [0.15, 0.2) is 52.6 Å². The van der Waals surface area contributed by atoms with Crippen molar-refractivity contribution in [1.29, 1.82) is 5.26 Å². The van der Waals surface area contributed by atoms with Gasteiger partial charge in [0.25, 0.3) is 0 Å². The van der Waals surface area contributed by atoms with Crippen LogP contribution in [0.25, 0.3) is 0 Å². The highest BCUT2D eigenvalue weighted by atomic mass is 35.5. The number of rotatable bonds is 6. The largest absolute Gasteiger partial charge is 0.465 e. The number of halogens is 4. The van der Waals surface area contributed by atoms with E-state index < -0.39 is 24.8 Å². The lowest BCUT2D eigenvalue weighted by Gasteiger charge is -2.21. The van der Waals surface area contributed by atoms with Crippen LogP contribution in [-0.4, -0.2) is 41.4 Å². The molecule has 0 aliphatic carbocycles. The van der Waals surface area contributed by atoms with Gasteiger partial charge in [-0.2, -0.15) is 19.1 Å². The smallest absolute Gasteiger partial charge is 0.405 e. The Kier molecular flexibility index (Phi) is 7.29. The van der Waals surface area contributed by atoms with E-state index in [4.69, 9.17) is 28.5 Å². The van der Waals surface area contributed by atoms with Crippen molar-refractivity contribution < 1.29 is 23.4 Å². The molecule has 9 nitrogen and oxygen atoms in total. The predicted octanol–water partition coefficient (Wildman–Crippen LogP) is 3.71. The molecular formula is C19H14Cl2F2N6O3. The zero-order valence-electron chi connectivity index (χ0n) is 15.9. The number of amidine groups is 1. The molecule has 4 N–H and O–H groups in total. The molecule has 0 aromatic heterocycles. The van der Waals surface area contributed by atoms with Gasteiger partial charge in [-0.15, -0.1) is 0 Å². The fourth-order valence-electron chi connectivity index (χ4n) is 2.95. The Morgan fingerprint density at radius 3 is 2.72 bits per heavy atom. The monoisotopic (exact) mass is 482 g/mol. The van der Waals surface area contributed by atoms with Crippen molar-refractivity contribution in [3.05, 3.63) is 58.1 Å². The Hall–Kier alpha value is -3.62. The Morgan fingerprint density at radius 1 is 1.28 bits per heavy atom. The number of ether oxygens (including phenoxy) is 1. The number of hydrogen-bond donors (Lipinski definition) is 4. The topological polar surface area (TPSA) is 131 Å². The maximum atomic E-state index is 12.5. The molecule has 0 saturated carbocycles. The van der Waals surface area contributed by atoms with Crippen molar-refractivity contribution in [2.24, 2.45) is 10.1 Å². The molecule has 0 fully saturated rings. The predicted molar refractivity (Wildman–Crippen MR) is 114 cm³/mol. The first kappa shape index (κ1) is 23.1. The van der Waals surface area contributed by atoms with Crippen LogP contribution < -0.4 is 20.8 Å². The summed E-state index contributed by atoms with van der Waals surface area (Å²) >= 11 is 12.0. The molecular weight excluding hydrogens is 469 g/mol. The molecule has 0 radical (unpaired) electrons. The molecule has 2 aromatic rings. The van der Waals surface area contributed by atoms with Gasteiger partial charge in [-0.3, -0.25) is 10.7 Å². The number of hydrazone groups is 1. The van der Waals surface area contributed by atoms with Gasteiger partial charge in [-0.05, 0) is 24.3 Å². The van der Waals surface area contributed by atoms with Crippen molar-refractivity contribution in [3.8, 4) is 11.9 Å². The Labute approximate surface area is 190 Å². The summed E-state index contributed by atoms with van der Waals surface area (Å²) in [6.45, 7) is -3.02. The van der Waals surface area contributed by atoms with Gasteiger partial charge in [-0.1, -0.05) is 35.3 Å². The number of nitriles is 1. The lowest BCUT2D eigenvalue weighted by Crippen LogP contribution is -2.54. The Balaban J connectivity index is 1.96. The highest BCUT2D eigenvalue weighted by molar-refractivity contribution is 6.42. The molecule has 2 unspecified atom stereocenters. The fraction of sp³-hybridized carbons (Fsp3) is 0.158. The van der Waals surface area contributed by atoms with E-state index >= 15 is 0 Å². The minimum Gasteiger partial charge on any atom is -0.465 e. The van der Waals surface area contributed by atoms with E-state index in [0.29, 0.717) is 10.6 Å². The molecule has 1 heterocycles. The lowest BCUT2D eigenvalue weighted by molar-refractivity contribution is -0.0498. The van der Waals surface area contributed by atoms with Crippen molar-refractivity contribution in [2.75, 3.05) is 0 Å². The van der Waals surface area contributed by atoms with Crippen LogP contribution in [0.2, 0.25) is 10.0 Å². The number of nitrogens with one attached hydrogen (secondary N) is 3. The molecule has 3 rings (SSSR count). The van der Waals surface area contributed by atoms with Crippen LogP contribution >= 0.6 is 23.2 Å². The third kappa shape index (κ3) is 5.54. The standard InChI is InChI=1S/C19H14Cl2F2N6O3/c20-12-5-4-9(6-13(12)21)14-15(27-19(30)31)16(29-28-14)17(25-8-24)26-10-2-1-3-11(7-10)32-18(22)23/h1-7,15-16,18,27,29H,(H,25,26)(H,30,31).